The van der Waals surface area contributed by atoms with Crippen LogP contribution in [0.3, 0.4) is 0 Å². The molecule has 2 aromatic rings. The Bertz CT molecular complexity index is 644. The summed E-state index contributed by atoms with van der Waals surface area (Å²) < 4.78 is 16.7. The van der Waals surface area contributed by atoms with Gasteiger partial charge in [0.15, 0.2) is 0 Å². The minimum Gasteiger partial charge on any atom is -0.492 e. The Labute approximate surface area is 136 Å². The normalized spacial score (nSPS) is 15.7. The molecule has 1 aromatic carbocycles. The van der Waals surface area contributed by atoms with Gasteiger partial charge in [-0.05, 0) is 32.0 Å². The first-order chi connectivity index (χ1) is 11.1. The molecule has 2 heterocycles. The molecule has 0 bridgehead atoms. The second kappa shape index (κ2) is 7.02. The Morgan fingerprint density at radius 2 is 2.04 bits per heavy atom. The summed E-state index contributed by atoms with van der Waals surface area (Å²) in [5, 5.41) is 4.02. The van der Waals surface area contributed by atoms with Crippen molar-refractivity contribution in [1.82, 2.24) is 10.1 Å². The Balaban J connectivity index is 1.74. The maximum atomic E-state index is 6.02. The van der Waals surface area contributed by atoms with E-state index in [9.17, 15) is 0 Å². The van der Waals surface area contributed by atoms with E-state index in [2.05, 4.69) is 10.1 Å². The van der Waals surface area contributed by atoms with Gasteiger partial charge >= 0.3 is 0 Å². The molecule has 0 amide bonds. The number of aromatic nitrogens is 1. The molecular weight excluding hydrogens is 294 g/mol. The van der Waals surface area contributed by atoms with Crippen molar-refractivity contribution < 1.29 is 14.0 Å². The van der Waals surface area contributed by atoms with Gasteiger partial charge in [-0.3, -0.25) is 4.90 Å². The maximum Gasteiger partial charge on any atom is 0.141 e. The monoisotopic (exact) mass is 317 g/mol. The second-order valence-electron chi connectivity index (χ2n) is 5.76. The second-order valence-corrected chi connectivity index (χ2v) is 5.76. The third-order valence-electron chi connectivity index (χ3n) is 4.08. The molecule has 0 aliphatic carbocycles. The number of ether oxygens (including phenoxy) is 2. The summed E-state index contributed by atoms with van der Waals surface area (Å²) in [6.07, 6.45) is 0. The number of nitrogen functional groups attached to an aromatic ring is 1. The highest BCUT2D eigenvalue weighted by molar-refractivity contribution is 5.76. The standard InChI is InChI=1S/C17H23N3O3/c1-12-17(13(2)23-19-12)15-11-14(18)3-4-16(15)22-10-7-20-5-8-21-9-6-20/h3-4,11H,5-10,18H2,1-2H3. The highest BCUT2D eigenvalue weighted by Crippen LogP contribution is 2.36. The SMILES string of the molecule is Cc1noc(C)c1-c1cc(N)ccc1OCCN1CCOCC1. The smallest absolute Gasteiger partial charge is 0.141 e. The van der Waals surface area contributed by atoms with E-state index >= 15 is 0 Å². The molecule has 0 spiro atoms. The molecule has 1 fully saturated rings. The number of anilines is 1. The fourth-order valence-electron chi connectivity index (χ4n) is 2.85. The van der Waals surface area contributed by atoms with Crippen molar-refractivity contribution in [3.05, 3.63) is 29.7 Å². The highest BCUT2D eigenvalue weighted by Gasteiger charge is 2.17. The zero-order valence-electron chi connectivity index (χ0n) is 13.7. The number of aryl methyl sites for hydroxylation is 2. The summed E-state index contributed by atoms with van der Waals surface area (Å²) in [5.74, 6) is 1.58. The molecule has 3 rings (SSSR count). The van der Waals surface area contributed by atoms with E-state index in [1.165, 1.54) is 0 Å². The molecule has 1 aliphatic rings. The lowest BCUT2D eigenvalue weighted by molar-refractivity contribution is 0.0323. The van der Waals surface area contributed by atoms with Crippen LogP contribution >= 0.6 is 0 Å². The van der Waals surface area contributed by atoms with Gasteiger partial charge in [0.25, 0.3) is 0 Å². The van der Waals surface area contributed by atoms with Crippen molar-refractivity contribution in [2.24, 2.45) is 0 Å². The summed E-state index contributed by atoms with van der Waals surface area (Å²) in [4.78, 5) is 2.34. The Morgan fingerprint density at radius 1 is 1.26 bits per heavy atom. The molecule has 2 N–H and O–H groups in total. The van der Waals surface area contributed by atoms with Crippen LogP contribution in [0.25, 0.3) is 11.1 Å². The van der Waals surface area contributed by atoms with Crippen LogP contribution in [0.15, 0.2) is 22.7 Å². The van der Waals surface area contributed by atoms with Crippen LogP contribution in [-0.4, -0.2) is 49.5 Å². The van der Waals surface area contributed by atoms with Gasteiger partial charge in [0, 0.05) is 30.9 Å². The summed E-state index contributed by atoms with van der Waals surface area (Å²) >= 11 is 0. The van der Waals surface area contributed by atoms with E-state index in [0.717, 1.165) is 61.2 Å². The summed E-state index contributed by atoms with van der Waals surface area (Å²) in [5.41, 5.74) is 9.38. The molecule has 0 atom stereocenters. The van der Waals surface area contributed by atoms with Crippen LogP contribution in [-0.2, 0) is 4.74 Å². The van der Waals surface area contributed by atoms with Gasteiger partial charge in [0.2, 0.25) is 0 Å². The summed E-state index contributed by atoms with van der Waals surface area (Å²) in [6, 6.07) is 5.68. The molecule has 6 nitrogen and oxygen atoms in total. The lowest BCUT2D eigenvalue weighted by atomic mass is 10.0. The number of hydrogen-bond acceptors (Lipinski definition) is 6. The third kappa shape index (κ3) is 3.65. The first-order valence-electron chi connectivity index (χ1n) is 7.91. The van der Waals surface area contributed by atoms with Crippen LogP contribution < -0.4 is 10.5 Å². The number of nitrogens with zero attached hydrogens (tertiary/aromatic N) is 2. The zero-order chi connectivity index (χ0) is 16.2. The molecule has 6 heteroatoms. The van der Waals surface area contributed by atoms with Crippen LogP contribution in [0.5, 0.6) is 5.75 Å². The van der Waals surface area contributed by atoms with Crippen molar-refractivity contribution in [1.29, 1.82) is 0 Å². The zero-order valence-corrected chi connectivity index (χ0v) is 13.7. The molecule has 1 saturated heterocycles. The molecule has 0 saturated carbocycles. The third-order valence-corrected chi connectivity index (χ3v) is 4.08. The van der Waals surface area contributed by atoms with Gasteiger partial charge in [-0.15, -0.1) is 0 Å². The largest absolute Gasteiger partial charge is 0.492 e. The van der Waals surface area contributed by atoms with Gasteiger partial charge in [-0.1, -0.05) is 5.16 Å². The Hall–Kier alpha value is -2.05. The van der Waals surface area contributed by atoms with Crippen LogP contribution in [0.4, 0.5) is 5.69 Å². The predicted molar refractivity (Wildman–Crippen MR) is 88.6 cm³/mol. The number of nitrogens with two attached hydrogens (primary N) is 1. The molecule has 1 aromatic heterocycles. The van der Waals surface area contributed by atoms with E-state index < -0.39 is 0 Å². The van der Waals surface area contributed by atoms with E-state index in [0.29, 0.717) is 12.3 Å². The minimum atomic E-state index is 0.625. The van der Waals surface area contributed by atoms with Crippen LogP contribution in [0.2, 0.25) is 0 Å². The first kappa shape index (κ1) is 15.8. The van der Waals surface area contributed by atoms with Crippen LogP contribution in [0, 0.1) is 13.8 Å². The maximum absolute atomic E-state index is 6.02. The van der Waals surface area contributed by atoms with Gasteiger partial charge in [0.1, 0.15) is 18.1 Å². The quantitative estimate of drug-likeness (QED) is 0.853. The van der Waals surface area contributed by atoms with E-state index in [1.54, 1.807) is 0 Å². The number of benzene rings is 1. The van der Waals surface area contributed by atoms with Gasteiger partial charge in [-0.2, -0.15) is 0 Å². The summed E-state index contributed by atoms with van der Waals surface area (Å²) in [7, 11) is 0. The fraction of sp³-hybridized carbons (Fsp3) is 0.471. The average Bonchev–Trinajstić information content (AvgIpc) is 2.89. The first-order valence-corrected chi connectivity index (χ1v) is 7.91. The highest BCUT2D eigenvalue weighted by atomic mass is 16.5. The van der Waals surface area contributed by atoms with Gasteiger partial charge in [-0.25, -0.2) is 0 Å². The lowest BCUT2D eigenvalue weighted by Crippen LogP contribution is -2.38. The van der Waals surface area contributed by atoms with Crippen molar-refractivity contribution >= 4 is 5.69 Å². The van der Waals surface area contributed by atoms with E-state index in [4.69, 9.17) is 19.7 Å². The molecule has 124 valence electrons. The van der Waals surface area contributed by atoms with Gasteiger partial charge in [0.05, 0.1) is 24.5 Å². The molecular formula is C17H23N3O3. The van der Waals surface area contributed by atoms with Crippen LogP contribution in [0.1, 0.15) is 11.5 Å². The lowest BCUT2D eigenvalue weighted by Gasteiger charge is -2.26. The van der Waals surface area contributed by atoms with Crippen molar-refractivity contribution in [2.45, 2.75) is 13.8 Å². The average molecular weight is 317 g/mol. The van der Waals surface area contributed by atoms with E-state index in [-0.39, 0.29) is 0 Å². The molecule has 0 radical (unpaired) electrons. The van der Waals surface area contributed by atoms with Crippen molar-refractivity contribution in [3.63, 3.8) is 0 Å². The fourth-order valence-corrected chi connectivity index (χ4v) is 2.85. The van der Waals surface area contributed by atoms with Crippen molar-refractivity contribution in [3.8, 4) is 16.9 Å². The molecule has 23 heavy (non-hydrogen) atoms. The summed E-state index contributed by atoms with van der Waals surface area (Å²) in [6.45, 7) is 8.85. The van der Waals surface area contributed by atoms with Gasteiger partial charge < -0.3 is 19.7 Å². The Morgan fingerprint density at radius 3 is 2.74 bits per heavy atom. The molecule has 1 aliphatic heterocycles. The predicted octanol–water partition coefficient (Wildman–Crippen LogP) is 2.25. The molecule has 0 unspecified atom stereocenters. The van der Waals surface area contributed by atoms with Crippen molar-refractivity contribution in [2.75, 3.05) is 45.2 Å². The number of hydrogen-bond donors (Lipinski definition) is 1. The Kier molecular flexibility index (Phi) is 4.83. The topological polar surface area (TPSA) is 73.8 Å². The number of morpholine rings is 1. The van der Waals surface area contributed by atoms with E-state index in [1.807, 2.05) is 32.0 Å². The number of rotatable bonds is 5. The minimum absolute atomic E-state index is 0.625.